The highest BCUT2D eigenvalue weighted by atomic mass is 32.1. The van der Waals surface area contributed by atoms with Crippen molar-refractivity contribution in [2.45, 2.75) is 33.1 Å². The quantitative estimate of drug-likeness (QED) is 0.735. The summed E-state index contributed by atoms with van der Waals surface area (Å²) in [6, 6.07) is 0. The molecule has 72 valence electrons. The van der Waals surface area contributed by atoms with E-state index in [0.717, 1.165) is 24.7 Å². The van der Waals surface area contributed by atoms with Crippen LogP contribution in [0.2, 0.25) is 0 Å². The van der Waals surface area contributed by atoms with Crippen molar-refractivity contribution >= 4 is 11.3 Å². The topological polar surface area (TPSA) is 32.9 Å². The zero-order valence-corrected chi connectivity index (χ0v) is 8.91. The number of rotatable bonds is 1. The summed E-state index contributed by atoms with van der Waals surface area (Å²) in [4.78, 5) is 15.4. The molecule has 1 heterocycles. The predicted molar refractivity (Wildman–Crippen MR) is 55.3 cm³/mol. The summed E-state index contributed by atoms with van der Waals surface area (Å²) in [6.07, 6.45) is 3.41. The number of aromatic amines is 1. The van der Waals surface area contributed by atoms with Gasteiger partial charge in [0, 0.05) is 10.6 Å². The predicted octanol–water partition coefficient (Wildman–Crippen LogP) is 2.20. The average molecular weight is 197 g/mol. The maximum Gasteiger partial charge on any atom is 0.304 e. The first-order chi connectivity index (χ1) is 6.16. The fourth-order valence-corrected chi connectivity index (χ4v) is 2.97. The fraction of sp³-hybridized carbons (Fsp3) is 0.700. The molecule has 0 aliphatic heterocycles. The smallest absolute Gasteiger partial charge is 0.304 e. The Morgan fingerprint density at radius 1 is 1.54 bits per heavy atom. The maximum atomic E-state index is 11.1. The Balaban J connectivity index is 2.24. The minimum absolute atomic E-state index is 0.120. The molecule has 0 bridgehead atoms. The summed E-state index contributed by atoms with van der Waals surface area (Å²) >= 11 is 1.40. The van der Waals surface area contributed by atoms with Crippen LogP contribution in [0.5, 0.6) is 0 Å². The van der Waals surface area contributed by atoms with Crippen molar-refractivity contribution in [3.63, 3.8) is 0 Å². The highest BCUT2D eigenvalue weighted by Gasteiger charge is 2.23. The Morgan fingerprint density at radius 3 is 3.00 bits per heavy atom. The van der Waals surface area contributed by atoms with Crippen LogP contribution >= 0.6 is 11.3 Å². The number of nitrogens with one attached hydrogen (secondary N) is 1. The zero-order valence-electron chi connectivity index (χ0n) is 8.09. The van der Waals surface area contributed by atoms with Gasteiger partial charge in [-0.15, -0.1) is 0 Å². The number of aromatic nitrogens is 1. The van der Waals surface area contributed by atoms with Crippen LogP contribution in [0.4, 0.5) is 0 Å². The molecule has 0 fully saturated rings. The van der Waals surface area contributed by atoms with E-state index in [1.165, 1.54) is 28.3 Å². The summed E-state index contributed by atoms with van der Waals surface area (Å²) in [6.45, 7) is 4.54. The van der Waals surface area contributed by atoms with Crippen LogP contribution in [-0.2, 0) is 12.8 Å². The van der Waals surface area contributed by atoms with E-state index in [9.17, 15) is 4.79 Å². The van der Waals surface area contributed by atoms with Crippen LogP contribution in [-0.4, -0.2) is 4.98 Å². The molecule has 1 atom stereocenters. The molecule has 0 aromatic carbocycles. The number of thiazole rings is 1. The van der Waals surface area contributed by atoms with Gasteiger partial charge in [-0.05, 0) is 31.1 Å². The van der Waals surface area contributed by atoms with E-state index < -0.39 is 0 Å². The average Bonchev–Trinajstić information content (AvgIpc) is 2.42. The van der Waals surface area contributed by atoms with Gasteiger partial charge in [-0.25, -0.2) is 0 Å². The van der Waals surface area contributed by atoms with E-state index in [2.05, 4.69) is 18.8 Å². The van der Waals surface area contributed by atoms with Crippen LogP contribution in [0.15, 0.2) is 4.79 Å². The van der Waals surface area contributed by atoms with Gasteiger partial charge in [0.15, 0.2) is 0 Å². The molecule has 1 aliphatic carbocycles. The highest BCUT2D eigenvalue weighted by molar-refractivity contribution is 7.09. The van der Waals surface area contributed by atoms with Crippen molar-refractivity contribution in [2.24, 2.45) is 11.8 Å². The lowest BCUT2D eigenvalue weighted by Gasteiger charge is -2.24. The molecule has 1 aliphatic rings. The number of fused-ring (bicyclic) bond motifs is 1. The van der Waals surface area contributed by atoms with Crippen LogP contribution in [0.1, 0.15) is 30.8 Å². The lowest BCUT2D eigenvalue weighted by atomic mass is 9.83. The fourth-order valence-electron chi connectivity index (χ4n) is 2.00. The van der Waals surface area contributed by atoms with E-state index in [1.807, 2.05) is 0 Å². The summed E-state index contributed by atoms with van der Waals surface area (Å²) in [7, 11) is 0. The molecule has 0 spiro atoms. The largest absolute Gasteiger partial charge is 0.316 e. The van der Waals surface area contributed by atoms with E-state index in [-0.39, 0.29) is 4.87 Å². The molecule has 13 heavy (non-hydrogen) atoms. The number of hydrogen-bond acceptors (Lipinski definition) is 2. The molecule has 1 unspecified atom stereocenters. The summed E-state index contributed by atoms with van der Waals surface area (Å²) < 4.78 is 0. The molecule has 0 radical (unpaired) electrons. The van der Waals surface area contributed by atoms with Crippen LogP contribution in [0.3, 0.4) is 0 Å². The van der Waals surface area contributed by atoms with Crippen LogP contribution in [0, 0.1) is 11.8 Å². The Hall–Kier alpha value is -0.570. The molecular formula is C10H15NOS. The Kier molecular flexibility index (Phi) is 2.28. The van der Waals surface area contributed by atoms with Crippen molar-refractivity contribution < 1.29 is 0 Å². The van der Waals surface area contributed by atoms with Gasteiger partial charge in [0.25, 0.3) is 0 Å². The second-order valence-electron chi connectivity index (χ2n) is 4.16. The molecule has 1 aromatic rings. The third kappa shape index (κ3) is 1.70. The van der Waals surface area contributed by atoms with Crippen LogP contribution < -0.4 is 4.87 Å². The van der Waals surface area contributed by atoms with Crippen molar-refractivity contribution in [1.82, 2.24) is 4.98 Å². The van der Waals surface area contributed by atoms with E-state index in [1.54, 1.807) is 0 Å². The number of H-pyrrole nitrogens is 1. The third-order valence-corrected chi connectivity index (χ3v) is 3.91. The first kappa shape index (κ1) is 9.00. The van der Waals surface area contributed by atoms with Crippen molar-refractivity contribution in [3.05, 3.63) is 20.2 Å². The van der Waals surface area contributed by atoms with Gasteiger partial charge in [0.2, 0.25) is 0 Å². The van der Waals surface area contributed by atoms with Gasteiger partial charge in [-0.2, -0.15) is 0 Å². The lowest BCUT2D eigenvalue weighted by molar-refractivity contribution is 0.344. The van der Waals surface area contributed by atoms with Gasteiger partial charge < -0.3 is 4.98 Å². The van der Waals surface area contributed by atoms with E-state index in [0.29, 0.717) is 0 Å². The number of hydrogen-bond donors (Lipinski definition) is 1. The maximum absolute atomic E-state index is 11.1. The molecule has 0 saturated heterocycles. The van der Waals surface area contributed by atoms with Gasteiger partial charge in [0.05, 0.1) is 0 Å². The van der Waals surface area contributed by atoms with Crippen molar-refractivity contribution in [3.8, 4) is 0 Å². The molecule has 2 nitrogen and oxygen atoms in total. The van der Waals surface area contributed by atoms with Gasteiger partial charge in [-0.3, -0.25) is 4.79 Å². The second-order valence-corrected chi connectivity index (χ2v) is 5.23. The first-order valence-electron chi connectivity index (χ1n) is 4.87. The lowest BCUT2D eigenvalue weighted by Crippen LogP contribution is -2.17. The van der Waals surface area contributed by atoms with E-state index in [4.69, 9.17) is 0 Å². The SMILES string of the molecule is CC(C)C1CCc2[nH]c(=O)sc2C1. The normalized spacial score (nSPS) is 21.9. The van der Waals surface area contributed by atoms with Gasteiger partial charge >= 0.3 is 4.87 Å². The minimum Gasteiger partial charge on any atom is -0.316 e. The molecule has 1 N–H and O–H groups in total. The molecule has 0 saturated carbocycles. The monoisotopic (exact) mass is 197 g/mol. The Bertz CT molecular complexity index is 350. The molecule has 0 amide bonds. The van der Waals surface area contributed by atoms with Crippen LogP contribution in [0.25, 0.3) is 0 Å². The Labute approximate surface area is 82.0 Å². The highest BCUT2D eigenvalue weighted by Crippen LogP contribution is 2.30. The molecule has 1 aromatic heterocycles. The summed E-state index contributed by atoms with van der Waals surface area (Å²) in [5.74, 6) is 1.52. The second kappa shape index (κ2) is 3.29. The standard InChI is InChI=1S/C10H15NOS/c1-6(2)7-3-4-8-9(5-7)13-10(12)11-8/h6-7H,3-5H2,1-2H3,(H,11,12). The molecule has 3 heteroatoms. The van der Waals surface area contributed by atoms with Crippen molar-refractivity contribution in [1.29, 1.82) is 0 Å². The Morgan fingerprint density at radius 2 is 2.31 bits per heavy atom. The minimum atomic E-state index is 0.120. The molecule has 2 rings (SSSR count). The zero-order chi connectivity index (χ0) is 9.42. The van der Waals surface area contributed by atoms with Crippen molar-refractivity contribution in [2.75, 3.05) is 0 Å². The van der Waals surface area contributed by atoms with Gasteiger partial charge in [0.1, 0.15) is 0 Å². The first-order valence-corrected chi connectivity index (χ1v) is 5.69. The summed E-state index contributed by atoms with van der Waals surface area (Å²) in [5, 5.41) is 0. The number of aryl methyl sites for hydroxylation is 1. The summed E-state index contributed by atoms with van der Waals surface area (Å²) in [5.41, 5.74) is 1.20. The third-order valence-electron chi connectivity index (χ3n) is 2.96. The molecular weight excluding hydrogens is 182 g/mol. The van der Waals surface area contributed by atoms with E-state index >= 15 is 0 Å². The van der Waals surface area contributed by atoms with Gasteiger partial charge in [-0.1, -0.05) is 25.2 Å².